The smallest absolute Gasteiger partial charge is 0.231 e. The van der Waals surface area contributed by atoms with Gasteiger partial charge in [-0.15, -0.1) is 0 Å². The third-order valence-electron chi connectivity index (χ3n) is 5.75. The molecule has 10 heteroatoms. The Hall–Kier alpha value is -3.82. The van der Waals surface area contributed by atoms with Crippen LogP contribution in [-0.2, 0) is 11.8 Å². The average Bonchev–Trinajstić information content (AvgIpc) is 3.72. The van der Waals surface area contributed by atoms with Crippen LogP contribution in [0, 0.1) is 11.8 Å². The summed E-state index contributed by atoms with van der Waals surface area (Å²) in [5.41, 5.74) is 2.19. The number of aryl methyl sites for hydroxylation is 1. The molecule has 0 saturated heterocycles. The van der Waals surface area contributed by atoms with E-state index in [2.05, 4.69) is 25.7 Å². The number of ketones is 1. The zero-order chi connectivity index (χ0) is 23.1. The van der Waals surface area contributed by atoms with Gasteiger partial charge >= 0.3 is 0 Å². The minimum atomic E-state index is -1.11. The Morgan fingerprint density at radius 1 is 1.21 bits per heavy atom. The van der Waals surface area contributed by atoms with E-state index in [4.69, 9.17) is 4.74 Å². The van der Waals surface area contributed by atoms with Crippen molar-refractivity contribution < 1.29 is 18.7 Å². The molecule has 1 amide bonds. The van der Waals surface area contributed by atoms with Gasteiger partial charge in [0.25, 0.3) is 0 Å². The Labute approximate surface area is 189 Å². The highest BCUT2D eigenvalue weighted by atomic mass is 19.1. The number of amides is 1. The first-order chi connectivity index (χ1) is 15.9. The van der Waals surface area contributed by atoms with E-state index in [-0.39, 0.29) is 23.9 Å². The highest BCUT2D eigenvalue weighted by molar-refractivity contribution is 6.05. The minimum Gasteiger partial charge on any atom is -0.494 e. The second kappa shape index (κ2) is 8.27. The lowest BCUT2D eigenvalue weighted by Crippen LogP contribution is -2.17. The topological polar surface area (TPSA) is 111 Å². The van der Waals surface area contributed by atoms with Crippen LogP contribution in [0.4, 0.5) is 21.6 Å². The number of hydrogen-bond acceptors (Lipinski definition) is 7. The summed E-state index contributed by atoms with van der Waals surface area (Å²) in [6.45, 7) is 0. The Morgan fingerprint density at radius 3 is 2.64 bits per heavy atom. The summed E-state index contributed by atoms with van der Waals surface area (Å²) in [6.07, 6.45) is 3.86. The third-order valence-corrected chi connectivity index (χ3v) is 5.75. The molecular weight excluding hydrogens is 427 g/mol. The van der Waals surface area contributed by atoms with Crippen LogP contribution in [0.2, 0.25) is 0 Å². The van der Waals surface area contributed by atoms with Crippen LogP contribution < -0.4 is 15.4 Å². The fraction of sp³-hybridized carbons (Fsp3) is 0.348. The molecule has 170 valence electrons. The predicted octanol–water partition coefficient (Wildman–Crippen LogP) is 3.52. The number of halogens is 1. The molecule has 0 spiro atoms. The standard InChI is InChI=1S/C23H23FN6O3/c1-30-11-26-22(29-30)13-4-3-5-17(21(13)33-2)27-18-9-19(28-23(32)14-8-16(14)24)25-10-15(18)20(31)12-6-7-12/h3-5,9-12,14,16H,6-8H2,1-2H3,(H2,25,27,28,32)/t14-,16+/m1/s1. The second-order valence-corrected chi connectivity index (χ2v) is 8.35. The van der Waals surface area contributed by atoms with Crippen molar-refractivity contribution >= 4 is 28.9 Å². The summed E-state index contributed by atoms with van der Waals surface area (Å²) >= 11 is 0. The lowest BCUT2D eigenvalue weighted by Gasteiger charge is -2.17. The summed E-state index contributed by atoms with van der Waals surface area (Å²) in [5.74, 6) is 0.180. The Bertz CT molecular complexity index is 1240. The summed E-state index contributed by atoms with van der Waals surface area (Å²) < 4.78 is 20.5. The van der Waals surface area contributed by atoms with Crippen molar-refractivity contribution in [2.24, 2.45) is 18.9 Å². The highest BCUT2D eigenvalue weighted by Gasteiger charge is 2.43. The number of hydrogen-bond donors (Lipinski definition) is 2. The Kier molecular flexibility index (Phi) is 5.27. The Balaban J connectivity index is 1.50. The molecule has 2 saturated carbocycles. The van der Waals surface area contributed by atoms with Gasteiger partial charge in [0.2, 0.25) is 5.91 Å². The number of carbonyl (C=O) groups excluding carboxylic acids is 2. The number of aromatic nitrogens is 4. The Morgan fingerprint density at radius 2 is 2.00 bits per heavy atom. The first-order valence-electron chi connectivity index (χ1n) is 10.7. The summed E-state index contributed by atoms with van der Waals surface area (Å²) in [5, 5.41) is 10.3. The van der Waals surface area contributed by atoms with E-state index < -0.39 is 18.0 Å². The molecule has 0 bridgehead atoms. The number of Topliss-reactive ketones (excluding diaryl/α,β-unsaturated/α-hetero) is 1. The van der Waals surface area contributed by atoms with E-state index in [1.54, 1.807) is 31.2 Å². The molecule has 2 fully saturated rings. The summed E-state index contributed by atoms with van der Waals surface area (Å²) in [4.78, 5) is 33.6. The number of pyridine rings is 1. The van der Waals surface area contributed by atoms with Crippen molar-refractivity contribution in [3.8, 4) is 17.1 Å². The van der Waals surface area contributed by atoms with Crippen molar-refractivity contribution in [3.05, 3.63) is 42.4 Å². The number of benzene rings is 1. The zero-order valence-corrected chi connectivity index (χ0v) is 18.2. The molecule has 0 aliphatic heterocycles. The van der Waals surface area contributed by atoms with Crippen molar-refractivity contribution in [1.82, 2.24) is 19.7 Å². The van der Waals surface area contributed by atoms with Gasteiger partial charge in [-0.3, -0.25) is 14.3 Å². The maximum absolute atomic E-state index is 13.3. The quantitative estimate of drug-likeness (QED) is 0.505. The van der Waals surface area contributed by atoms with E-state index >= 15 is 0 Å². The van der Waals surface area contributed by atoms with Gasteiger partial charge in [-0.25, -0.2) is 14.4 Å². The van der Waals surface area contributed by atoms with Gasteiger partial charge in [-0.1, -0.05) is 6.07 Å². The fourth-order valence-corrected chi connectivity index (χ4v) is 3.68. The molecule has 2 atom stereocenters. The molecule has 1 aromatic carbocycles. The van der Waals surface area contributed by atoms with Crippen LogP contribution in [0.5, 0.6) is 5.75 Å². The predicted molar refractivity (Wildman–Crippen MR) is 119 cm³/mol. The fourth-order valence-electron chi connectivity index (χ4n) is 3.68. The van der Waals surface area contributed by atoms with E-state index in [1.165, 1.54) is 6.20 Å². The monoisotopic (exact) mass is 450 g/mol. The number of carbonyl (C=O) groups is 2. The molecule has 2 heterocycles. The molecule has 2 aromatic heterocycles. The lowest BCUT2D eigenvalue weighted by atomic mass is 10.1. The first kappa shape index (κ1) is 21.0. The highest BCUT2D eigenvalue weighted by Crippen LogP contribution is 2.40. The molecule has 0 unspecified atom stereocenters. The van der Waals surface area contributed by atoms with Crippen molar-refractivity contribution in [3.63, 3.8) is 0 Å². The molecule has 33 heavy (non-hydrogen) atoms. The van der Waals surface area contributed by atoms with Gasteiger partial charge in [0, 0.05) is 25.2 Å². The molecule has 5 rings (SSSR count). The van der Waals surface area contributed by atoms with Crippen molar-refractivity contribution in [1.29, 1.82) is 0 Å². The average molecular weight is 450 g/mol. The molecule has 2 aliphatic carbocycles. The van der Waals surface area contributed by atoms with Crippen LogP contribution in [0.15, 0.2) is 36.8 Å². The number of rotatable bonds is 8. The zero-order valence-electron chi connectivity index (χ0n) is 18.2. The van der Waals surface area contributed by atoms with Gasteiger partial charge in [0.1, 0.15) is 18.3 Å². The maximum atomic E-state index is 13.3. The number of alkyl halides is 1. The normalized spacial score (nSPS) is 19.1. The summed E-state index contributed by atoms with van der Waals surface area (Å²) in [6, 6.07) is 7.08. The van der Waals surface area contributed by atoms with Gasteiger partial charge in [0.15, 0.2) is 17.4 Å². The number of nitrogens with zero attached hydrogens (tertiary/aromatic N) is 4. The van der Waals surface area contributed by atoms with E-state index in [9.17, 15) is 14.0 Å². The summed E-state index contributed by atoms with van der Waals surface area (Å²) in [7, 11) is 3.32. The maximum Gasteiger partial charge on any atom is 0.231 e. The number of methoxy groups -OCH3 is 1. The van der Waals surface area contributed by atoms with E-state index in [0.29, 0.717) is 34.1 Å². The number of ether oxygens (including phenoxy) is 1. The molecular formula is C23H23FN6O3. The third kappa shape index (κ3) is 4.28. The SMILES string of the molecule is COc1c(Nc2cc(NC(=O)[C@@H]3C[C@@H]3F)ncc2C(=O)C2CC2)cccc1-c1ncn(C)n1. The van der Waals surface area contributed by atoms with Crippen LogP contribution in [0.25, 0.3) is 11.4 Å². The lowest BCUT2D eigenvalue weighted by molar-refractivity contribution is -0.117. The van der Waals surface area contributed by atoms with Gasteiger partial charge in [0.05, 0.1) is 35.5 Å². The largest absolute Gasteiger partial charge is 0.494 e. The van der Waals surface area contributed by atoms with Crippen LogP contribution in [0.3, 0.4) is 0 Å². The van der Waals surface area contributed by atoms with Crippen LogP contribution in [-0.4, -0.2) is 44.7 Å². The first-order valence-corrected chi connectivity index (χ1v) is 10.7. The number of nitrogens with one attached hydrogen (secondary N) is 2. The van der Waals surface area contributed by atoms with E-state index in [0.717, 1.165) is 12.8 Å². The molecule has 3 aromatic rings. The van der Waals surface area contributed by atoms with Crippen molar-refractivity contribution in [2.75, 3.05) is 17.7 Å². The molecule has 0 radical (unpaired) electrons. The minimum absolute atomic E-state index is 0.00425. The van der Waals surface area contributed by atoms with Gasteiger partial charge in [-0.05, 0) is 31.4 Å². The van der Waals surface area contributed by atoms with Gasteiger partial charge < -0.3 is 15.4 Å². The number of para-hydroxylation sites is 1. The van der Waals surface area contributed by atoms with E-state index in [1.807, 2.05) is 18.2 Å². The molecule has 2 N–H and O–H groups in total. The second-order valence-electron chi connectivity index (χ2n) is 8.35. The molecule has 2 aliphatic rings. The van der Waals surface area contributed by atoms with Gasteiger partial charge in [-0.2, -0.15) is 5.10 Å². The van der Waals surface area contributed by atoms with Crippen molar-refractivity contribution in [2.45, 2.75) is 25.4 Å². The number of anilines is 3. The van der Waals surface area contributed by atoms with Crippen LogP contribution >= 0.6 is 0 Å². The van der Waals surface area contributed by atoms with Crippen LogP contribution in [0.1, 0.15) is 29.6 Å². The molecule has 9 nitrogen and oxygen atoms in total.